The second-order valence-electron chi connectivity index (χ2n) is 5.44. The van der Waals surface area contributed by atoms with Crippen molar-refractivity contribution in [2.24, 2.45) is 0 Å². The molecule has 1 aliphatic carbocycles. The quantitative estimate of drug-likeness (QED) is 0.626. The first-order chi connectivity index (χ1) is 9.58. The zero-order chi connectivity index (χ0) is 14.5. The Hall–Kier alpha value is -0.620. The first-order valence-electron chi connectivity index (χ1n) is 7.32. The van der Waals surface area contributed by atoms with Gasteiger partial charge in [0.15, 0.2) is 5.11 Å². The van der Waals surface area contributed by atoms with Crippen LogP contribution in [0.25, 0.3) is 0 Å². The first-order valence-corrected chi connectivity index (χ1v) is 8.52. The minimum atomic E-state index is 0.585. The Morgan fingerprint density at radius 3 is 2.70 bits per heavy atom. The summed E-state index contributed by atoms with van der Waals surface area (Å²) in [5, 5.41) is 12.0. The van der Waals surface area contributed by atoms with Crippen LogP contribution in [-0.4, -0.2) is 27.5 Å². The number of aryl methyl sites for hydroxylation is 2. The van der Waals surface area contributed by atoms with E-state index in [9.17, 15) is 0 Å². The summed E-state index contributed by atoms with van der Waals surface area (Å²) in [5.41, 5.74) is 2.24. The lowest BCUT2D eigenvalue weighted by molar-refractivity contribution is 0.552. The van der Waals surface area contributed by atoms with E-state index in [1.807, 2.05) is 6.92 Å². The highest BCUT2D eigenvalue weighted by atomic mass is 79.9. The standard InChI is InChI=1S/C14H23BrN4S/c1-10-13(15)11(2)19(18-10)9-5-8-16-14(20)17-12-6-3-4-7-12/h12H,3-9H2,1-2H3,(H2,16,17,20). The third-order valence-corrected chi connectivity index (χ3v) is 5.23. The Kier molecular flexibility index (Phi) is 5.84. The number of thiocarbonyl (C=S) groups is 1. The van der Waals surface area contributed by atoms with Gasteiger partial charge in [0.25, 0.3) is 0 Å². The van der Waals surface area contributed by atoms with Crippen molar-refractivity contribution in [3.63, 3.8) is 0 Å². The largest absolute Gasteiger partial charge is 0.363 e. The molecule has 2 N–H and O–H groups in total. The van der Waals surface area contributed by atoms with E-state index in [0.29, 0.717) is 6.04 Å². The normalized spacial score (nSPS) is 15.6. The van der Waals surface area contributed by atoms with Gasteiger partial charge in [-0.15, -0.1) is 0 Å². The molecule has 1 heterocycles. The topological polar surface area (TPSA) is 41.9 Å². The van der Waals surface area contributed by atoms with Gasteiger partial charge in [-0.05, 0) is 61.3 Å². The average Bonchev–Trinajstić information content (AvgIpc) is 3.00. The summed E-state index contributed by atoms with van der Waals surface area (Å²) < 4.78 is 3.16. The third kappa shape index (κ3) is 4.19. The Morgan fingerprint density at radius 1 is 1.40 bits per heavy atom. The number of hydrogen-bond acceptors (Lipinski definition) is 2. The van der Waals surface area contributed by atoms with E-state index in [2.05, 4.69) is 43.3 Å². The van der Waals surface area contributed by atoms with E-state index in [0.717, 1.165) is 34.8 Å². The summed E-state index contributed by atoms with van der Waals surface area (Å²) in [7, 11) is 0. The fourth-order valence-corrected chi connectivity index (χ4v) is 3.18. The molecule has 112 valence electrons. The maximum atomic E-state index is 5.32. The molecule has 1 saturated carbocycles. The van der Waals surface area contributed by atoms with E-state index in [1.165, 1.54) is 31.4 Å². The molecule has 1 aliphatic rings. The Labute approximate surface area is 134 Å². The molecular weight excluding hydrogens is 336 g/mol. The molecular formula is C14H23BrN4S. The fourth-order valence-electron chi connectivity index (χ4n) is 2.63. The molecule has 0 atom stereocenters. The van der Waals surface area contributed by atoms with Crippen LogP contribution in [-0.2, 0) is 6.54 Å². The van der Waals surface area contributed by atoms with Crippen molar-refractivity contribution in [3.05, 3.63) is 15.9 Å². The third-order valence-electron chi connectivity index (χ3n) is 3.82. The zero-order valence-electron chi connectivity index (χ0n) is 12.2. The molecule has 0 aromatic carbocycles. The molecule has 1 aromatic rings. The van der Waals surface area contributed by atoms with Crippen LogP contribution >= 0.6 is 28.1 Å². The number of halogens is 1. The van der Waals surface area contributed by atoms with Crippen LogP contribution in [0.1, 0.15) is 43.5 Å². The first kappa shape index (κ1) is 15.8. The van der Waals surface area contributed by atoms with E-state index >= 15 is 0 Å². The number of rotatable bonds is 5. The van der Waals surface area contributed by atoms with Gasteiger partial charge in [0.05, 0.1) is 10.2 Å². The van der Waals surface area contributed by atoms with E-state index in [-0.39, 0.29) is 0 Å². The van der Waals surface area contributed by atoms with Crippen molar-refractivity contribution < 1.29 is 0 Å². The summed E-state index contributed by atoms with van der Waals surface area (Å²) in [6, 6.07) is 0.585. The summed E-state index contributed by atoms with van der Waals surface area (Å²) in [6.45, 7) is 5.90. The molecule has 1 aromatic heterocycles. The van der Waals surface area contributed by atoms with Gasteiger partial charge < -0.3 is 10.6 Å². The molecule has 0 radical (unpaired) electrons. The highest BCUT2D eigenvalue weighted by Gasteiger charge is 2.15. The molecule has 0 aliphatic heterocycles. The maximum Gasteiger partial charge on any atom is 0.166 e. The van der Waals surface area contributed by atoms with Gasteiger partial charge in [-0.3, -0.25) is 4.68 Å². The van der Waals surface area contributed by atoms with Crippen molar-refractivity contribution >= 4 is 33.3 Å². The molecule has 4 nitrogen and oxygen atoms in total. The fraction of sp³-hybridized carbons (Fsp3) is 0.714. The monoisotopic (exact) mass is 358 g/mol. The predicted octanol–water partition coefficient (Wildman–Crippen LogP) is 3.06. The lowest BCUT2D eigenvalue weighted by Crippen LogP contribution is -2.41. The highest BCUT2D eigenvalue weighted by molar-refractivity contribution is 9.10. The molecule has 0 bridgehead atoms. The van der Waals surface area contributed by atoms with Gasteiger partial charge in [0, 0.05) is 24.8 Å². The van der Waals surface area contributed by atoms with Crippen LogP contribution in [0.15, 0.2) is 4.47 Å². The second-order valence-corrected chi connectivity index (χ2v) is 6.64. The molecule has 0 spiro atoms. The predicted molar refractivity (Wildman–Crippen MR) is 90.0 cm³/mol. The van der Waals surface area contributed by atoms with Gasteiger partial charge in [0.2, 0.25) is 0 Å². The summed E-state index contributed by atoms with van der Waals surface area (Å²) in [4.78, 5) is 0. The van der Waals surface area contributed by atoms with Gasteiger partial charge in [-0.1, -0.05) is 12.8 Å². The van der Waals surface area contributed by atoms with Gasteiger partial charge in [0.1, 0.15) is 0 Å². The maximum absolute atomic E-state index is 5.32. The summed E-state index contributed by atoms with van der Waals surface area (Å²) in [6.07, 6.45) is 6.17. The van der Waals surface area contributed by atoms with E-state index < -0.39 is 0 Å². The molecule has 6 heteroatoms. The van der Waals surface area contributed by atoms with Gasteiger partial charge >= 0.3 is 0 Å². The van der Waals surface area contributed by atoms with Crippen LogP contribution in [0.3, 0.4) is 0 Å². The zero-order valence-corrected chi connectivity index (χ0v) is 14.6. The Bertz CT molecular complexity index is 466. The molecule has 1 fully saturated rings. The number of nitrogens with one attached hydrogen (secondary N) is 2. The van der Waals surface area contributed by atoms with E-state index in [1.54, 1.807) is 0 Å². The van der Waals surface area contributed by atoms with Crippen molar-refractivity contribution in [1.82, 2.24) is 20.4 Å². The van der Waals surface area contributed by atoms with Crippen molar-refractivity contribution in [2.45, 2.75) is 58.5 Å². The molecule has 0 unspecified atom stereocenters. The lowest BCUT2D eigenvalue weighted by Gasteiger charge is -2.15. The van der Waals surface area contributed by atoms with Crippen LogP contribution in [0.2, 0.25) is 0 Å². The molecule has 0 saturated heterocycles. The van der Waals surface area contributed by atoms with E-state index in [4.69, 9.17) is 12.2 Å². The number of nitrogens with zero attached hydrogens (tertiary/aromatic N) is 2. The smallest absolute Gasteiger partial charge is 0.166 e. The average molecular weight is 359 g/mol. The van der Waals surface area contributed by atoms with Gasteiger partial charge in [-0.25, -0.2) is 0 Å². The summed E-state index contributed by atoms with van der Waals surface area (Å²) in [5.74, 6) is 0. The highest BCUT2D eigenvalue weighted by Crippen LogP contribution is 2.19. The lowest BCUT2D eigenvalue weighted by atomic mass is 10.3. The van der Waals surface area contributed by atoms with Gasteiger partial charge in [-0.2, -0.15) is 5.10 Å². The molecule has 0 amide bonds. The second kappa shape index (κ2) is 7.41. The van der Waals surface area contributed by atoms with Crippen LogP contribution < -0.4 is 10.6 Å². The number of aromatic nitrogens is 2. The van der Waals surface area contributed by atoms with Crippen LogP contribution in [0, 0.1) is 13.8 Å². The molecule has 20 heavy (non-hydrogen) atoms. The number of hydrogen-bond donors (Lipinski definition) is 2. The van der Waals surface area contributed by atoms with Crippen molar-refractivity contribution in [1.29, 1.82) is 0 Å². The molecule has 2 rings (SSSR count). The SMILES string of the molecule is Cc1nn(CCCNC(=S)NC2CCCC2)c(C)c1Br. The van der Waals surface area contributed by atoms with Crippen molar-refractivity contribution in [2.75, 3.05) is 6.54 Å². The minimum Gasteiger partial charge on any atom is -0.363 e. The van der Waals surface area contributed by atoms with Crippen molar-refractivity contribution in [3.8, 4) is 0 Å². The van der Waals surface area contributed by atoms with Crippen LogP contribution in [0.4, 0.5) is 0 Å². The Morgan fingerprint density at radius 2 is 2.10 bits per heavy atom. The Balaban J connectivity index is 1.65. The van der Waals surface area contributed by atoms with Crippen LogP contribution in [0.5, 0.6) is 0 Å². The minimum absolute atomic E-state index is 0.585. The summed E-state index contributed by atoms with van der Waals surface area (Å²) >= 11 is 8.87.